The number of para-hydroxylation sites is 2. The van der Waals surface area contributed by atoms with Crippen molar-refractivity contribution < 1.29 is 22.7 Å². The topological polar surface area (TPSA) is 114 Å². The molecule has 0 heterocycles. The fourth-order valence-corrected chi connectivity index (χ4v) is 4.24. The van der Waals surface area contributed by atoms with Crippen molar-refractivity contribution in [2.24, 2.45) is 0 Å². The third-order valence-corrected chi connectivity index (χ3v) is 6.21. The van der Waals surface area contributed by atoms with Crippen molar-refractivity contribution >= 4 is 33.2 Å². The van der Waals surface area contributed by atoms with Gasteiger partial charge in [-0.05, 0) is 61.0 Å². The highest BCUT2D eigenvalue weighted by atomic mass is 32.2. The summed E-state index contributed by atoms with van der Waals surface area (Å²) < 4.78 is 33.1. The first-order valence-electron chi connectivity index (χ1n) is 10.1. The molecule has 0 aliphatic heterocycles. The van der Waals surface area contributed by atoms with E-state index in [-0.39, 0.29) is 22.8 Å². The van der Waals surface area contributed by atoms with E-state index in [9.17, 15) is 18.0 Å². The number of sulfonamides is 1. The molecule has 0 aliphatic rings. The smallest absolute Gasteiger partial charge is 0.262 e. The van der Waals surface area contributed by atoms with Gasteiger partial charge >= 0.3 is 0 Å². The molecule has 3 rings (SSSR count). The second kappa shape index (κ2) is 10.2. The van der Waals surface area contributed by atoms with Crippen LogP contribution >= 0.6 is 0 Å². The van der Waals surface area contributed by atoms with Gasteiger partial charge in [-0.25, -0.2) is 8.42 Å². The van der Waals surface area contributed by atoms with Gasteiger partial charge in [0, 0.05) is 18.2 Å². The molecule has 33 heavy (non-hydrogen) atoms. The van der Waals surface area contributed by atoms with Crippen molar-refractivity contribution in [3.8, 4) is 5.75 Å². The third-order valence-electron chi connectivity index (χ3n) is 4.83. The summed E-state index contributed by atoms with van der Waals surface area (Å²) in [5, 5.41) is 5.58. The lowest BCUT2D eigenvalue weighted by atomic mass is 10.1. The largest absolute Gasteiger partial charge is 0.495 e. The standard InChI is InChI=1S/C24H25N3O5S/c1-16(19-7-6-8-20(15-19)26-17(2)28)25-24(29)18-11-13-21(14-12-18)33(30,31)27-22-9-4-5-10-23(22)32-3/h4-16,27H,1-3H3,(H,25,29)(H,26,28). The number of carbonyl (C=O) groups is 2. The van der Waals surface area contributed by atoms with E-state index in [1.165, 1.54) is 38.3 Å². The summed E-state index contributed by atoms with van der Waals surface area (Å²) in [6.07, 6.45) is 0. The van der Waals surface area contributed by atoms with E-state index in [0.717, 1.165) is 5.56 Å². The number of amides is 2. The molecule has 3 N–H and O–H groups in total. The highest BCUT2D eigenvalue weighted by molar-refractivity contribution is 7.92. The molecular weight excluding hydrogens is 442 g/mol. The van der Waals surface area contributed by atoms with Crippen molar-refractivity contribution in [1.82, 2.24) is 5.32 Å². The molecule has 0 saturated carbocycles. The van der Waals surface area contributed by atoms with Crippen LogP contribution in [0.3, 0.4) is 0 Å². The summed E-state index contributed by atoms with van der Waals surface area (Å²) in [6, 6.07) is 19.2. The summed E-state index contributed by atoms with van der Waals surface area (Å²) in [6.45, 7) is 3.24. The first kappa shape index (κ1) is 23.8. The van der Waals surface area contributed by atoms with Gasteiger partial charge in [0.2, 0.25) is 5.91 Å². The van der Waals surface area contributed by atoms with Gasteiger partial charge in [-0.3, -0.25) is 14.3 Å². The Morgan fingerprint density at radius 2 is 1.64 bits per heavy atom. The first-order valence-corrected chi connectivity index (χ1v) is 11.6. The van der Waals surface area contributed by atoms with Gasteiger partial charge in [0.05, 0.1) is 23.7 Å². The molecule has 0 fully saturated rings. The Hall–Kier alpha value is -3.85. The van der Waals surface area contributed by atoms with E-state index < -0.39 is 10.0 Å². The van der Waals surface area contributed by atoms with Gasteiger partial charge in [-0.1, -0.05) is 24.3 Å². The van der Waals surface area contributed by atoms with Crippen molar-refractivity contribution in [2.45, 2.75) is 24.8 Å². The number of anilines is 2. The molecule has 3 aromatic carbocycles. The summed E-state index contributed by atoms with van der Waals surface area (Å²) >= 11 is 0. The van der Waals surface area contributed by atoms with Crippen LogP contribution in [0.15, 0.2) is 77.7 Å². The first-order chi connectivity index (χ1) is 15.7. The molecule has 1 unspecified atom stereocenters. The lowest BCUT2D eigenvalue weighted by Crippen LogP contribution is -2.26. The third kappa shape index (κ3) is 6.11. The van der Waals surface area contributed by atoms with E-state index in [4.69, 9.17) is 4.74 Å². The van der Waals surface area contributed by atoms with Gasteiger partial charge in [0.25, 0.3) is 15.9 Å². The SMILES string of the molecule is COc1ccccc1NS(=O)(=O)c1ccc(C(=O)NC(C)c2cccc(NC(C)=O)c2)cc1. The molecule has 0 spiro atoms. The highest BCUT2D eigenvalue weighted by Gasteiger charge is 2.18. The number of ether oxygens (including phenoxy) is 1. The van der Waals surface area contributed by atoms with Crippen LogP contribution in [0.1, 0.15) is 35.8 Å². The van der Waals surface area contributed by atoms with E-state index >= 15 is 0 Å². The van der Waals surface area contributed by atoms with Crippen LogP contribution in [-0.2, 0) is 14.8 Å². The van der Waals surface area contributed by atoms with E-state index in [1.54, 1.807) is 42.5 Å². The molecule has 1 atom stereocenters. The van der Waals surface area contributed by atoms with Crippen molar-refractivity contribution in [3.63, 3.8) is 0 Å². The van der Waals surface area contributed by atoms with Gasteiger partial charge < -0.3 is 15.4 Å². The van der Waals surface area contributed by atoms with Crippen LogP contribution in [0.25, 0.3) is 0 Å². The molecule has 2 amide bonds. The van der Waals surface area contributed by atoms with Crippen LogP contribution in [-0.4, -0.2) is 27.3 Å². The second-order valence-corrected chi connectivity index (χ2v) is 9.01. The zero-order chi connectivity index (χ0) is 24.0. The highest BCUT2D eigenvalue weighted by Crippen LogP contribution is 2.26. The molecule has 0 bridgehead atoms. The fraction of sp³-hybridized carbons (Fsp3) is 0.167. The number of benzene rings is 3. The van der Waals surface area contributed by atoms with Gasteiger partial charge in [-0.15, -0.1) is 0 Å². The van der Waals surface area contributed by atoms with Crippen molar-refractivity contribution in [1.29, 1.82) is 0 Å². The maximum atomic E-state index is 12.7. The molecule has 8 nitrogen and oxygen atoms in total. The number of hydrogen-bond donors (Lipinski definition) is 3. The Balaban J connectivity index is 1.70. The van der Waals surface area contributed by atoms with Crippen LogP contribution in [0.2, 0.25) is 0 Å². The fourth-order valence-electron chi connectivity index (χ4n) is 3.17. The van der Waals surface area contributed by atoms with Crippen molar-refractivity contribution in [2.75, 3.05) is 17.1 Å². The molecule has 0 saturated heterocycles. The molecule has 0 aliphatic carbocycles. The summed E-state index contributed by atoms with van der Waals surface area (Å²) in [5.41, 5.74) is 2.08. The number of hydrogen-bond acceptors (Lipinski definition) is 5. The maximum absolute atomic E-state index is 12.7. The number of carbonyl (C=O) groups excluding carboxylic acids is 2. The molecular formula is C24H25N3O5S. The van der Waals surface area contributed by atoms with Gasteiger partial charge in [0.1, 0.15) is 5.75 Å². The minimum Gasteiger partial charge on any atom is -0.495 e. The van der Waals surface area contributed by atoms with Crippen LogP contribution < -0.4 is 20.1 Å². The monoisotopic (exact) mass is 467 g/mol. The van der Waals surface area contributed by atoms with Gasteiger partial charge in [0.15, 0.2) is 0 Å². The molecule has 0 aromatic heterocycles. The Labute approximate surface area is 193 Å². The quantitative estimate of drug-likeness (QED) is 0.464. The molecule has 0 radical (unpaired) electrons. The van der Waals surface area contributed by atoms with Crippen molar-refractivity contribution in [3.05, 3.63) is 83.9 Å². The minimum absolute atomic E-state index is 0.0148. The lowest BCUT2D eigenvalue weighted by molar-refractivity contribution is -0.114. The van der Waals surface area contributed by atoms with Crippen LogP contribution in [0.5, 0.6) is 5.75 Å². The second-order valence-electron chi connectivity index (χ2n) is 7.33. The predicted octanol–water partition coefficient (Wildman–Crippen LogP) is 3.95. The Morgan fingerprint density at radius 1 is 0.939 bits per heavy atom. The molecule has 172 valence electrons. The summed E-state index contributed by atoms with van der Waals surface area (Å²) in [7, 11) is -2.41. The van der Waals surface area contributed by atoms with E-state index in [1.807, 2.05) is 13.0 Å². The average molecular weight is 468 g/mol. The zero-order valence-corrected chi connectivity index (χ0v) is 19.3. The Bertz CT molecular complexity index is 1260. The number of rotatable bonds is 8. The van der Waals surface area contributed by atoms with Crippen LogP contribution in [0.4, 0.5) is 11.4 Å². The number of nitrogens with one attached hydrogen (secondary N) is 3. The predicted molar refractivity (Wildman–Crippen MR) is 127 cm³/mol. The lowest BCUT2D eigenvalue weighted by Gasteiger charge is -2.16. The van der Waals surface area contributed by atoms with E-state index in [2.05, 4.69) is 15.4 Å². The molecule has 3 aromatic rings. The Kier molecular flexibility index (Phi) is 7.34. The van der Waals surface area contributed by atoms with E-state index in [0.29, 0.717) is 22.7 Å². The number of methoxy groups -OCH3 is 1. The minimum atomic E-state index is -3.87. The summed E-state index contributed by atoms with van der Waals surface area (Å²) in [5.74, 6) is -0.137. The maximum Gasteiger partial charge on any atom is 0.262 e. The van der Waals surface area contributed by atoms with Gasteiger partial charge in [-0.2, -0.15) is 0 Å². The molecule has 9 heteroatoms. The summed E-state index contributed by atoms with van der Waals surface area (Å²) in [4.78, 5) is 23.9. The van der Waals surface area contributed by atoms with Crippen LogP contribution in [0, 0.1) is 0 Å². The zero-order valence-electron chi connectivity index (χ0n) is 18.5. The Morgan fingerprint density at radius 3 is 2.30 bits per heavy atom. The normalized spacial score (nSPS) is 11.8. The average Bonchev–Trinajstić information content (AvgIpc) is 2.79.